The summed E-state index contributed by atoms with van der Waals surface area (Å²) in [6, 6.07) is 14.0. The summed E-state index contributed by atoms with van der Waals surface area (Å²) < 4.78 is 53.4. The number of ketones is 1. The molecule has 42 heavy (non-hydrogen) atoms. The molecular weight excluding hydrogens is 551 g/mol. The summed E-state index contributed by atoms with van der Waals surface area (Å²) in [4.78, 5) is 28.6. The van der Waals surface area contributed by atoms with Crippen molar-refractivity contribution in [3.8, 4) is 17.1 Å². The molecule has 2 aliphatic heterocycles. The number of carbonyl (C=O) groups is 2. The number of ether oxygens (including phenoxy) is 1. The SMILES string of the molecule is CCN(CC)c1ccc2c(c1)OC(=O)C(/C=C1\CCCc3cc4ccc(=[N+](CC)CC)cc-4oc31)C2=O.F[B-](F)(F)F. The van der Waals surface area contributed by atoms with Crippen LogP contribution in [0.3, 0.4) is 0 Å². The van der Waals surface area contributed by atoms with Gasteiger partial charge in [0.25, 0.3) is 0 Å². The molecule has 0 bridgehead atoms. The van der Waals surface area contributed by atoms with Crippen molar-refractivity contribution in [3.63, 3.8) is 0 Å². The third-order valence-corrected chi connectivity index (χ3v) is 7.62. The number of rotatable bonds is 6. The van der Waals surface area contributed by atoms with Crippen LogP contribution >= 0.6 is 0 Å². The first kappa shape index (κ1) is 31.1. The molecule has 2 heterocycles. The predicted octanol–water partition coefficient (Wildman–Crippen LogP) is 6.48. The van der Waals surface area contributed by atoms with E-state index in [0.29, 0.717) is 11.3 Å². The third-order valence-electron chi connectivity index (χ3n) is 7.62. The maximum atomic E-state index is 13.4. The Labute approximate surface area is 242 Å². The van der Waals surface area contributed by atoms with Gasteiger partial charge in [0, 0.05) is 36.5 Å². The normalized spacial score (nSPS) is 17.2. The summed E-state index contributed by atoms with van der Waals surface area (Å²) in [5, 5.41) is 1.12. The topological polar surface area (TPSA) is 62.8 Å². The number of nitrogens with zero attached hydrogens (tertiary/aromatic N) is 2. The van der Waals surface area contributed by atoms with E-state index < -0.39 is 19.1 Å². The Morgan fingerprint density at radius 2 is 1.64 bits per heavy atom. The zero-order chi connectivity index (χ0) is 30.6. The van der Waals surface area contributed by atoms with E-state index >= 15 is 0 Å². The van der Waals surface area contributed by atoms with Gasteiger partial charge in [-0.05, 0) is 82.4 Å². The third kappa shape index (κ3) is 6.94. The van der Waals surface area contributed by atoms with E-state index in [2.05, 4.69) is 61.4 Å². The first-order chi connectivity index (χ1) is 20.0. The number of Topliss-reactive ketones (excluding diaryl/α,β-unsaturated/α-hetero) is 1. The number of esters is 1. The lowest BCUT2D eigenvalue weighted by atomic mass is 9.86. The van der Waals surface area contributed by atoms with Gasteiger partial charge in [0.05, 0.1) is 11.6 Å². The molecule has 0 fully saturated rings. The number of carbonyl (C=O) groups excluding carboxylic acids is 2. The number of fused-ring (bicyclic) bond motifs is 3. The fourth-order valence-electron chi connectivity index (χ4n) is 5.52. The maximum absolute atomic E-state index is 13.4. The number of anilines is 1. The molecule has 5 rings (SSSR count). The molecule has 0 radical (unpaired) electrons. The number of allylic oxidation sites excluding steroid dienone is 1. The van der Waals surface area contributed by atoms with Gasteiger partial charge in [0.2, 0.25) is 5.36 Å². The van der Waals surface area contributed by atoms with Gasteiger partial charge < -0.3 is 31.3 Å². The number of halogens is 4. The monoisotopic (exact) mass is 586 g/mol. The summed E-state index contributed by atoms with van der Waals surface area (Å²) >= 11 is 0. The van der Waals surface area contributed by atoms with Gasteiger partial charge in [-0.15, -0.1) is 0 Å². The van der Waals surface area contributed by atoms with Crippen LogP contribution in [0.15, 0.2) is 53.0 Å². The van der Waals surface area contributed by atoms with Gasteiger partial charge in [-0.1, -0.05) is 6.08 Å². The zero-order valence-electron chi connectivity index (χ0n) is 24.3. The highest BCUT2D eigenvalue weighted by atomic mass is 19.5. The summed E-state index contributed by atoms with van der Waals surface area (Å²) in [6.45, 7) is 11.9. The van der Waals surface area contributed by atoms with Crippen LogP contribution in [0.25, 0.3) is 16.9 Å². The second-order valence-corrected chi connectivity index (χ2v) is 10.2. The van der Waals surface area contributed by atoms with Gasteiger partial charge in [0.1, 0.15) is 36.3 Å². The average Bonchev–Trinajstić information content (AvgIpc) is 2.94. The smallest absolute Gasteiger partial charge is 0.456 e. The highest BCUT2D eigenvalue weighted by Crippen LogP contribution is 2.39. The molecule has 4 aliphatic rings. The van der Waals surface area contributed by atoms with Crippen molar-refractivity contribution in [2.45, 2.75) is 47.0 Å². The van der Waals surface area contributed by atoms with E-state index in [1.807, 2.05) is 6.07 Å². The van der Waals surface area contributed by atoms with Gasteiger partial charge in [-0.3, -0.25) is 9.59 Å². The molecular formula is C31H35BF4N2O4. The maximum Gasteiger partial charge on any atom is 0.673 e. The Kier molecular flexibility index (Phi) is 9.58. The van der Waals surface area contributed by atoms with Crippen LogP contribution in [-0.4, -0.2) is 45.2 Å². The number of hydrogen-bond donors (Lipinski definition) is 0. The van der Waals surface area contributed by atoms with Crippen molar-refractivity contribution in [3.05, 3.63) is 70.8 Å². The Hall–Kier alpha value is -3.89. The van der Waals surface area contributed by atoms with E-state index in [1.54, 1.807) is 18.2 Å². The molecule has 11 heteroatoms. The molecule has 6 nitrogen and oxygen atoms in total. The number of aryl methyl sites for hydroxylation is 1. The molecule has 1 atom stereocenters. The largest absolute Gasteiger partial charge is 0.673 e. The number of hydrogen-bond acceptors (Lipinski definition) is 5. The van der Waals surface area contributed by atoms with Gasteiger partial charge in [-0.25, -0.2) is 4.58 Å². The molecule has 2 aliphatic carbocycles. The summed E-state index contributed by atoms with van der Waals surface area (Å²) in [6.07, 6.45) is 4.37. The van der Waals surface area contributed by atoms with Crippen molar-refractivity contribution in [2.24, 2.45) is 5.92 Å². The highest BCUT2D eigenvalue weighted by Gasteiger charge is 2.36. The summed E-state index contributed by atoms with van der Waals surface area (Å²) in [7, 11) is -6.00. The Morgan fingerprint density at radius 3 is 2.29 bits per heavy atom. The second kappa shape index (κ2) is 13.0. The molecule has 224 valence electrons. The van der Waals surface area contributed by atoms with E-state index in [9.17, 15) is 26.9 Å². The molecule has 0 saturated carbocycles. The molecule has 0 aromatic heterocycles. The molecule has 0 amide bonds. The summed E-state index contributed by atoms with van der Waals surface area (Å²) in [5.41, 5.74) is 4.46. The lowest BCUT2D eigenvalue weighted by Crippen LogP contribution is -2.33. The van der Waals surface area contributed by atoms with Crippen LogP contribution in [0.5, 0.6) is 5.75 Å². The Balaban J connectivity index is 0.000000748. The van der Waals surface area contributed by atoms with Crippen LogP contribution in [0.1, 0.15) is 62.2 Å². The standard InChI is InChI=1S/C31H35N2O4.BF4/c1-5-32(6-2)23-13-12-20-16-21-10-9-11-22(30(21)36-27(20)18-23)17-26-29(34)25-15-14-24(33(7-3)8-4)19-28(25)37-31(26)35;2-1(3,4)5/h12-19,26H,5-11H2,1-4H3;/q+1;-1/b22-17+;. The van der Waals surface area contributed by atoms with Gasteiger partial charge in [-0.2, -0.15) is 0 Å². The van der Waals surface area contributed by atoms with Crippen molar-refractivity contribution in [1.82, 2.24) is 4.58 Å². The second-order valence-electron chi connectivity index (χ2n) is 10.2. The minimum absolute atomic E-state index is 0.221. The minimum atomic E-state index is -6.00. The first-order valence-corrected chi connectivity index (χ1v) is 14.3. The molecule has 1 aromatic rings. The van der Waals surface area contributed by atoms with Crippen molar-refractivity contribution in [2.75, 3.05) is 31.1 Å². The summed E-state index contributed by atoms with van der Waals surface area (Å²) in [5.74, 6) is 0.208. The van der Waals surface area contributed by atoms with Gasteiger partial charge in [0.15, 0.2) is 5.78 Å². The van der Waals surface area contributed by atoms with Crippen LogP contribution in [0.2, 0.25) is 0 Å². The fraction of sp³-hybridized carbons (Fsp3) is 0.387. The molecule has 0 saturated heterocycles. The van der Waals surface area contributed by atoms with Crippen molar-refractivity contribution < 1.29 is 36.0 Å². The number of benzene rings is 2. The fourth-order valence-corrected chi connectivity index (χ4v) is 5.52. The lowest BCUT2D eigenvalue weighted by molar-refractivity contribution is -0.136. The quantitative estimate of drug-likeness (QED) is 0.0827. The van der Waals surface area contributed by atoms with E-state index in [-0.39, 0.29) is 5.78 Å². The van der Waals surface area contributed by atoms with Gasteiger partial charge >= 0.3 is 13.2 Å². The van der Waals surface area contributed by atoms with E-state index in [1.165, 1.54) is 0 Å². The van der Waals surface area contributed by atoms with Crippen LogP contribution in [0, 0.1) is 5.92 Å². The van der Waals surface area contributed by atoms with Crippen molar-refractivity contribution >= 4 is 30.3 Å². The predicted molar refractivity (Wildman–Crippen MR) is 156 cm³/mol. The minimum Gasteiger partial charge on any atom is -0.456 e. The van der Waals surface area contributed by atoms with E-state index in [0.717, 1.165) is 84.7 Å². The van der Waals surface area contributed by atoms with Crippen LogP contribution < -0.4 is 19.6 Å². The Morgan fingerprint density at radius 1 is 0.952 bits per heavy atom. The lowest BCUT2D eigenvalue weighted by Gasteiger charge is -2.26. The molecule has 1 unspecified atom stereocenters. The molecule has 0 N–H and O–H groups in total. The van der Waals surface area contributed by atoms with Crippen LogP contribution in [0.4, 0.5) is 23.0 Å². The highest BCUT2D eigenvalue weighted by molar-refractivity contribution is 6.50. The van der Waals surface area contributed by atoms with Crippen molar-refractivity contribution in [1.29, 1.82) is 0 Å². The average molecular weight is 586 g/mol. The zero-order valence-corrected chi connectivity index (χ0v) is 24.3. The Bertz CT molecular complexity index is 1530. The molecule has 1 aromatic carbocycles. The van der Waals surface area contributed by atoms with E-state index in [4.69, 9.17) is 9.15 Å². The molecule has 0 spiro atoms. The first-order valence-electron chi connectivity index (χ1n) is 14.3. The van der Waals surface area contributed by atoms with Crippen LogP contribution in [-0.2, 0) is 11.2 Å².